The Morgan fingerprint density at radius 3 is 2.08 bits per heavy atom. The Kier molecular flexibility index (Phi) is 5.36. The van der Waals surface area contributed by atoms with Crippen LogP contribution in [0.15, 0.2) is 42.5 Å². The molecule has 0 fully saturated rings. The first kappa shape index (κ1) is 17.5. The van der Waals surface area contributed by atoms with Crippen LogP contribution >= 0.6 is 0 Å². The predicted octanol–water partition coefficient (Wildman–Crippen LogP) is 4.92. The Labute approximate surface area is 144 Å². The molecule has 25 heavy (non-hydrogen) atoms. The van der Waals surface area contributed by atoms with Crippen molar-refractivity contribution in [3.05, 3.63) is 53.6 Å². The number of hydrogen-bond acceptors (Lipinski definition) is 3. The lowest BCUT2D eigenvalue weighted by molar-refractivity contribution is -0.274. The summed E-state index contributed by atoms with van der Waals surface area (Å²) in [6.45, 7) is 0.943. The Morgan fingerprint density at radius 1 is 0.760 bits per heavy atom. The van der Waals surface area contributed by atoms with Gasteiger partial charge in [0.15, 0.2) is 0 Å². The van der Waals surface area contributed by atoms with Gasteiger partial charge in [-0.1, -0.05) is 6.07 Å². The lowest BCUT2D eigenvalue weighted by Gasteiger charge is -2.11. The third-order valence-electron chi connectivity index (χ3n) is 3.95. The number of rotatable bonds is 7. The van der Waals surface area contributed by atoms with E-state index in [2.05, 4.69) is 16.9 Å². The maximum absolute atomic E-state index is 12.1. The van der Waals surface area contributed by atoms with Crippen LogP contribution in [-0.2, 0) is 12.8 Å². The fourth-order valence-corrected chi connectivity index (χ4v) is 2.81. The first-order valence-corrected chi connectivity index (χ1v) is 8.23. The van der Waals surface area contributed by atoms with E-state index in [9.17, 15) is 13.2 Å². The van der Waals surface area contributed by atoms with Crippen LogP contribution in [0.3, 0.4) is 0 Å². The number of ether oxygens (including phenoxy) is 3. The summed E-state index contributed by atoms with van der Waals surface area (Å²) in [5.74, 6) is 1.10. The van der Waals surface area contributed by atoms with E-state index in [1.807, 2.05) is 6.07 Å². The van der Waals surface area contributed by atoms with Gasteiger partial charge in [-0.3, -0.25) is 0 Å². The standard InChI is InChI=1S/C19H19F3O3/c20-19(21,22)25-17-9-7-16(8-10-17)23-11-2-12-24-18-6-5-14-3-1-4-15(14)13-18/h5-10,13H,1-4,11-12H2. The summed E-state index contributed by atoms with van der Waals surface area (Å²) in [6.07, 6.45) is -0.533. The molecule has 0 N–H and O–H groups in total. The molecule has 0 bridgehead atoms. The highest BCUT2D eigenvalue weighted by Gasteiger charge is 2.30. The SMILES string of the molecule is FC(F)(F)Oc1ccc(OCCCOc2ccc3c(c2)CCC3)cc1. The number of benzene rings is 2. The molecule has 0 radical (unpaired) electrons. The largest absolute Gasteiger partial charge is 0.573 e. The summed E-state index contributed by atoms with van der Waals surface area (Å²) < 4.78 is 51.2. The second kappa shape index (κ2) is 7.68. The highest BCUT2D eigenvalue weighted by atomic mass is 19.4. The van der Waals surface area contributed by atoms with Crippen LogP contribution in [-0.4, -0.2) is 19.6 Å². The van der Waals surface area contributed by atoms with E-state index in [-0.39, 0.29) is 5.75 Å². The first-order valence-electron chi connectivity index (χ1n) is 8.23. The maximum Gasteiger partial charge on any atom is 0.573 e. The summed E-state index contributed by atoms with van der Waals surface area (Å²) in [6, 6.07) is 11.6. The molecule has 0 saturated heterocycles. The quantitative estimate of drug-likeness (QED) is 0.662. The van der Waals surface area contributed by atoms with Crippen molar-refractivity contribution in [1.82, 2.24) is 0 Å². The van der Waals surface area contributed by atoms with Crippen molar-refractivity contribution >= 4 is 0 Å². The molecule has 0 saturated carbocycles. The zero-order chi connectivity index (χ0) is 17.7. The van der Waals surface area contributed by atoms with Crippen LogP contribution in [0, 0.1) is 0 Å². The third kappa shape index (κ3) is 5.31. The number of halogens is 3. The summed E-state index contributed by atoms with van der Waals surface area (Å²) in [7, 11) is 0. The molecule has 0 amide bonds. The fraction of sp³-hybridized carbons (Fsp3) is 0.368. The van der Waals surface area contributed by atoms with Crippen molar-refractivity contribution in [2.24, 2.45) is 0 Å². The van der Waals surface area contributed by atoms with Gasteiger partial charge in [-0.15, -0.1) is 13.2 Å². The monoisotopic (exact) mass is 352 g/mol. The zero-order valence-corrected chi connectivity index (χ0v) is 13.6. The molecule has 0 aliphatic heterocycles. The Balaban J connectivity index is 1.37. The lowest BCUT2D eigenvalue weighted by atomic mass is 10.1. The van der Waals surface area contributed by atoms with Crippen molar-refractivity contribution in [2.75, 3.05) is 13.2 Å². The highest BCUT2D eigenvalue weighted by Crippen LogP contribution is 2.26. The molecule has 0 heterocycles. The summed E-state index contributed by atoms with van der Waals surface area (Å²) in [5, 5.41) is 0. The minimum absolute atomic E-state index is 0.264. The topological polar surface area (TPSA) is 27.7 Å². The second-order valence-electron chi connectivity index (χ2n) is 5.85. The summed E-state index contributed by atoms with van der Waals surface area (Å²) in [4.78, 5) is 0. The average molecular weight is 352 g/mol. The van der Waals surface area contributed by atoms with Crippen LogP contribution in [0.5, 0.6) is 17.2 Å². The second-order valence-corrected chi connectivity index (χ2v) is 5.85. The number of alkyl halides is 3. The summed E-state index contributed by atoms with van der Waals surface area (Å²) >= 11 is 0. The minimum atomic E-state index is -4.68. The number of aryl methyl sites for hydroxylation is 2. The van der Waals surface area contributed by atoms with E-state index in [4.69, 9.17) is 9.47 Å². The van der Waals surface area contributed by atoms with Crippen LogP contribution in [0.4, 0.5) is 13.2 Å². The lowest BCUT2D eigenvalue weighted by Crippen LogP contribution is -2.17. The predicted molar refractivity (Wildman–Crippen MR) is 87.2 cm³/mol. The first-order chi connectivity index (χ1) is 12.0. The van der Waals surface area contributed by atoms with Crippen molar-refractivity contribution in [1.29, 1.82) is 0 Å². The smallest absolute Gasteiger partial charge is 0.493 e. The van der Waals surface area contributed by atoms with Crippen LogP contribution in [0.25, 0.3) is 0 Å². The van der Waals surface area contributed by atoms with Gasteiger partial charge >= 0.3 is 6.36 Å². The average Bonchev–Trinajstić information content (AvgIpc) is 3.02. The molecule has 3 nitrogen and oxygen atoms in total. The molecule has 1 aliphatic rings. The Hall–Kier alpha value is -2.37. The van der Waals surface area contributed by atoms with Crippen molar-refractivity contribution in [3.63, 3.8) is 0 Å². The molecule has 0 spiro atoms. The van der Waals surface area contributed by atoms with Crippen LogP contribution in [0.2, 0.25) is 0 Å². The normalized spacial score (nSPS) is 13.4. The molecule has 0 unspecified atom stereocenters. The van der Waals surface area contributed by atoms with Gasteiger partial charge in [-0.05, 0) is 66.8 Å². The van der Waals surface area contributed by atoms with Gasteiger partial charge in [-0.25, -0.2) is 0 Å². The van der Waals surface area contributed by atoms with Gasteiger partial charge in [0.05, 0.1) is 13.2 Å². The van der Waals surface area contributed by atoms with E-state index in [0.29, 0.717) is 25.4 Å². The van der Waals surface area contributed by atoms with Gasteiger partial charge < -0.3 is 14.2 Å². The highest BCUT2D eigenvalue weighted by molar-refractivity contribution is 5.38. The van der Waals surface area contributed by atoms with Crippen molar-refractivity contribution < 1.29 is 27.4 Å². The van der Waals surface area contributed by atoms with E-state index < -0.39 is 6.36 Å². The van der Waals surface area contributed by atoms with E-state index in [1.165, 1.54) is 41.8 Å². The molecule has 2 aromatic rings. The third-order valence-corrected chi connectivity index (χ3v) is 3.95. The molecule has 1 aliphatic carbocycles. The molecular weight excluding hydrogens is 333 g/mol. The number of fused-ring (bicyclic) bond motifs is 1. The van der Waals surface area contributed by atoms with Crippen LogP contribution in [0.1, 0.15) is 24.0 Å². The van der Waals surface area contributed by atoms with E-state index >= 15 is 0 Å². The molecule has 6 heteroatoms. The van der Waals surface area contributed by atoms with Gasteiger partial charge in [-0.2, -0.15) is 0 Å². The Morgan fingerprint density at radius 2 is 1.36 bits per heavy atom. The zero-order valence-electron chi connectivity index (χ0n) is 13.6. The minimum Gasteiger partial charge on any atom is -0.493 e. The number of hydrogen-bond donors (Lipinski definition) is 0. The maximum atomic E-state index is 12.1. The van der Waals surface area contributed by atoms with Crippen molar-refractivity contribution in [2.45, 2.75) is 32.0 Å². The molecule has 2 aromatic carbocycles. The summed E-state index contributed by atoms with van der Waals surface area (Å²) in [5.41, 5.74) is 2.78. The molecule has 0 atom stereocenters. The van der Waals surface area contributed by atoms with Gasteiger partial charge in [0, 0.05) is 6.42 Å². The molecule has 3 rings (SSSR count). The molecule has 134 valence electrons. The van der Waals surface area contributed by atoms with Gasteiger partial charge in [0.2, 0.25) is 0 Å². The van der Waals surface area contributed by atoms with Crippen molar-refractivity contribution in [3.8, 4) is 17.2 Å². The Bertz CT molecular complexity index is 696. The van der Waals surface area contributed by atoms with E-state index in [1.54, 1.807) is 0 Å². The fourth-order valence-electron chi connectivity index (χ4n) is 2.81. The molecule has 0 aromatic heterocycles. The van der Waals surface area contributed by atoms with Gasteiger partial charge in [0.1, 0.15) is 17.2 Å². The van der Waals surface area contributed by atoms with Crippen LogP contribution < -0.4 is 14.2 Å². The van der Waals surface area contributed by atoms with Gasteiger partial charge in [0.25, 0.3) is 0 Å². The molecular formula is C19H19F3O3. The van der Waals surface area contributed by atoms with E-state index in [0.717, 1.165) is 18.6 Å².